The third kappa shape index (κ3) is 10.5. The van der Waals surface area contributed by atoms with Crippen LogP contribution in [0, 0.1) is 23.7 Å². The Morgan fingerprint density at radius 1 is 0.425 bits per heavy atom. The van der Waals surface area contributed by atoms with E-state index in [-0.39, 0.29) is 72.4 Å². The highest BCUT2D eigenvalue weighted by molar-refractivity contribution is 6.00. The van der Waals surface area contributed by atoms with Crippen LogP contribution in [-0.2, 0) is 18.9 Å². The molecule has 0 saturated carbocycles. The van der Waals surface area contributed by atoms with Gasteiger partial charge in [0.15, 0.2) is 0 Å². The summed E-state index contributed by atoms with van der Waals surface area (Å²) in [6, 6.07) is 9.08. The monoisotopic (exact) mass is 554 g/mol. The molecule has 0 spiro atoms. The smallest absolute Gasteiger partial charge is 0.338 e. The van der Waals surface area contributed by atoms with Crippen molar-refractivity contribution in [3.8, 4) is 11.1 Å². The van der Waals surface area contributed by atoms with E-state index < -0.39 is 23.9 Å². The summed E-state index contributed by atoms with van der Waals surface area (Å²) in [5.41, 5.74) is 1.43. The molecule has 2 rings (SSSR count). The van der Waals surface area contributed by atoms with Crippen molar-refractivity contribution in [2.75, 3.05) is 26.4 Å². The Hall–Kier alpha value is -3.68. The molecule has 0 amide bonds. The molecule has 40 heavy (non-hydrogen) atoms. The first-order valence-electron chi connectivity index (χ1n) is 13.8. The molecule has 0 bridgehead atoms. The highest BCUT2D eigenvalue weighted by atomic mass is 16.5. The average Bonchev–Trinajstić information content (AvgIpc) is 2.91. The molecule has 0 aromatic heterocycles. The van der Waals surface area contributed by atoms with Crippen molar-refractivity contribution in [2.45, 2.75) is 55.4 Å². The molecular weight excluding hydrogens is 512 g/mol. The maximum atomic E-state index is 12.9. The fourth-order valence-corrected chi connectivity index (χ4v) is 3.36. The zero-order chi connectivity index (χ0) is 30.0. The molecule has 0 heterocycles. The predicted octanol–water partition coefficient (Wildman–Crippen LogP) is 6.60. The minimum atomic E-state index is -0.600. The van der Waals surface area contributed by atoms with Crippen molar-refractivity contribution in [3.05, 3.63) is 58.7 Å². The Morgan fingerprint density at radius 2 is 0.625 bits per heavy atom. The second-order valence-electron chi connectivity index (χ2n) is 11.6. The van der Waals surface area contributed by atoms with Gasteiger partial charge in [0.05, 0.1) is 48.7 Å². The number of carbonyl (C=O) groups is 4. The number of benzene rings is 2. The first-order valence-corrected chi connectivity index (χ1v) is 13.8. The molecule has 2 aromatic carbocycles. The summed E-state index contributed by atoms with van der Waals surface area (Å²) in [6.45, 7) is 16.2. The molecule has 0 fully saturated rings. The Bertz CT molecular complexity index is 1020. The summed E-state index contributed by atoms with van der Waals surface area (Å²) in [6.07, 6.45) is 0. The summed E-state index contributed by atoms with van der Waals surface area (Å²) in [5, 5.41) is 0. The average molecular weight is 555 g/mol. The summed E-state index contributed by atoms with van der Waals surface area (Å²) in [5.74, 6) is -1.91. The third-order valence-corrected chi connectivity index (χ3v) is 5.33. The molecule has 0 atom stereocenters. The topological polar surface area (TPSA) is 105 Å². The minimum Gasteiger partial charge on any atom is -0.462 e. The summed E-state index contributed by atoms with van der Waals surface area (Å²) in [7, 11) is 0. The number of ether oxygens (including phenoxy) is 4. The lowest BCUT2D eigenvalue weighted by molar-refractivity contribution is 0.0439. The number of hydrogen-bond donors (Lipinski definition) is 0. The van der Waals surface area contributed by atoms with Gasteiger partial charge in [0.25, 0.3) is 0 Å². The van der Waals surface area contributed by atoms with E-state index >= 15 is 0 Å². The van der Waals surface area contributed by atoms with Gasteiger partial charge in [-0.1, -0.05) is 55.4 Å². The van der Waals surface area contributed by atoms with Crippen LogP contribution in [0.1, 0.15) is 96.8 Å². The van der Waals surface area contributed by atoms with E-state index in [9.17, 15) is 19.2 Å². The fraction of sp³-hybridized carbons (Fsp3) is 0.500. The van der Waals surface area contributed by atoms with Gasteiger partial charge in [0.2, 0.25) is 0 Å². The van der Waals surface area contributed by atoms with Crippen LogP contribution in [0.5, 0.6) is 0 Å². The van der Waals surface area contributed by atoms with Gasteiger partial charge in [-0.15, -0.1) is 0 Å². The molecule has 2 aromatic rings. The fourth-order valence-electron chi connectivity index (χ4n) is 3.36. The zero-order valence-electron chi connectivity index (χ0n) is 24.9. The SMILES string of the molecule is CC(C)COC(=O)c1cc(C(=O)OCC(C)C)cc(-c2cc(C(=O)OCC(C)C)cc(C(=O)OCC(C)C)c2)c1. The second kappa shape index (κ2) is 15.2. The normalized spacial score (nSPS) is 11.2. The van der Waals surface area contributed by atoms with Gasteiger partial charge < -0.3 is 18.9 Å². The number of carbonyl (C=O) groups excluding carboxylic acids is 4. The standard InChI is InChI=1S/C32H42O8/c1-19(2)15-37-29(33)25-9-23(10-26(13-25)30(34)38-16-20(3)4)24-11-27(31(35)39-17-21(5)6)14-28(12-24)32(36)40-18-22(7)8/h9-14,19-22H,15-18H2,1-8H3. The molecule has 0 radical (unpaired) electrons. The van der Waals surface area contributed by atoms with Crippen LogP contribution in [0.2, 0.25) is 0 Å². The van der Waals surface area contributed by atoms with Crippen LogP contribution in [0.4, 0.5) is 0 Å². The molecule has 218 valence electrons. The van der Waals surface area contributed by atoms with Crippen molar-refractivity contribution in [2.24, 2.45) is 23.7 Å². The van der Waals surface area contributed by atoms with Crippen molar-refractivity contribution >= 4 is 23.9 Å². The van der Waals surface area contributed by atoms with E-state index in [0.717, 1.165) is 0 Å². The van der Waals surface area contributed by atoms with Crippen molar-refractivity contribution in [3.63, 3.8) is 0 Å². The molecular formula is C32H42O8. The second-order valence-corrected chi connectivity index (χ2v) is 11.6. The molecule has 0 aliphatic rings. The Morgan fingerprint density at radius 3 is 0.800 bits per heavy atom. The minimum absolute atomic E-state index is 0.121. The molecule has 8 nitrogen and oxygen atoms in total. The number of esters is 4. The van der Waals surface area contributed by atoms with Gasteiger partial charge in [0, 0.05) is 0 Å². The Balaban J connectivity index is 2.64. The van der Waals surface area contributed by atoms with E-state index in [0.29, 0.717) is 11.1 Å². The molecule has 0 saturated heterocycles. The maximum Gasteiger partial charge on any atom is 0.338 e. The van der Waals surface area contributed by atoms with Gasteiger partial charge >= 0.3 is 23.9 Å². The predicted molar refractivity (Wildman–Crippen MR) is 152 cm³/mol. The largest absolute Gasteiger partial charge is 0.462 e. The van der Waals surface area contributed by atoms with Crippen molar-refractivity contribution in [1.29, 1.82) is 0 Å². The summed E-state index contributed by atoms with van der Waals surface area (Å²) in [4.78, 5) is 51.6. The van der Waals surface area contributed by atoms with Crippen LogP contribution in [0.15, 0.2) is 36.4 Å². The molecule has 0 N–H and O–H groups in total. The summed E-state index contributed by atoms with van der Waals surface area (Å²) >= 11 is 0. The van der Waals surface area contributed by atoms with Gasteiger partial charge in [-0.2, -0.15) is 0 Å². The first kappa shape index (κ1) is 32.5. The van der Waals surface area contributed by atoms with E-state index in [1.54, 1.807) is 24.3 Å². The van der Waals surface area contributed by atoms with Crippen molar-refractivity contribution in [1.82, 2.24) is 0 Å². The van der Waals surface area contributed by atoms with Crippen LogP contribution in [-0.4, -0.2) is 50.3 Å². The first-order chi connectivity index (χ1) is 18.8. The van der Waals surface area contributed by atoms with Crippen LogP contribution in [0.25, 0.3) is 11.1 Å². The highest BCUT2D eigenvalue weighted by Gasteiger charge is 2.20. The van der Waals surface area contributed by atoms with Crippen LogP contribution < -0.4 is 0 Å². The molecule has 8 heteroatoms. The van der Waals surface area contributed by atoms with Gasteiger partial charge in [0.1, 0.15) is 0 Å². The zero-order valence-corrected chi connectivity index (χ0v) is 24.9. The quantitative estimate of drug-likeness (QED) is 0.201. The highest BCUT2D eigenvalue weighted by Crippen LogP contribution is 2.27. The van der Waals surface area contributed by atoms with Gasteiger partial charge in [-0.25, -0.2) is 19.2 Å². The van der Waals surface area contributed by atoms with E-state index in [4.69, 9.17) is 18.9 Å². The van der Waals surface area contributed by atoms with Gasteiger partial charge in [-0.05, 0) is 71.2 Å². The number of hydrogen-bond acceptors (Lipinski definition) is 8. The summed E-state index contributed by atoms with van der Waals surface area (Å²) < 4.78 is 21.6. The Kier molecular flexibility index (Phi) is 12.4. The molecule has 0 aliphatic heterocycles. The van der Waals surface area contributed by atoms with E-state index in [1.165, 1.54) is 12.1 Å². The lowest BCUT2D eigenvalue weighted by Crippen LogP contribution is -2.15. The lowest BCUT2D eigenvalue weighted by Gasteiger charge is -2.14. The Labute approximate surface area is 237 Å². The van der Waals surface area contributed by atoms with E-state index in [1.807, 2.05) is 55.4 Å². The maximum absolute atomic E-state index is 12.9. The van der Waals surface area contributed by atoms with E-state index in [2.05, 4.69) is 0 Å². The third-order valence-electron chi connectivity index (χ3n) is 5.33. The molecule has 0 unspecified atom stereocenters. The van der Waals surface area contributed by atoms with Gasteiger partial charge in [-0.3, -0.25) is 0 Å². The molecule has 0 aliphatic carbocycles. The number of rotatable bonds is 13. The van der Waals surface area contributed by atoms with Crippen molar-refractivity contribution < 1.29 is 38.1 Å². The lowest BCUT2D eigenvalue weighted by atomic mass is 9.96. The van der Waals surface area contributed by atoms with Crippen LogP contribution in [0.3, 0.4) is 0 Å². The van der Waals surface area contributed by atoms with Crippen LogP contribution >= 0.6 is 0 Å².